The van der Waals surface area contributed by atoms with Crippen LogP contribution < -0.4 is 9.80 Å². The van der Waals surface area contributed by atoms with Crippen molar-refractivity contribution in [1.29, 1.82) is 0 Å². The molecule has 4 heterocycles. The number of para-hydroxylation sites is 2. The minimum absolute atomic E-state index is 0.00573. The third-order valence-corrected chi connectivity index (χ3v) is 19.1. The zero-order valence-electron chi connectivity index (χ0n) is 53.6. The maximum Gasteiger partial charge on any atom is 0.0641 e. The Bertz CT molecular complexity index is 4890. The van der Waals surface area contributed by atoms with Crippen LogP contribution in [-0.4, -0.2) is 8.80 Å². The highest BCUT2D eigenvalue weighted by molar-refractivity contribution is 6.32. The first-order valence-electron chi connectivity index (χ1n) is 31.6. The minimum Gasteiger partial charge on any atom is -0.309 e. The van der Waals surface area contributed by atoms with E-state index in [-0.39, 0.29) is 21.7 Å². The summed E-state index contributed by atoms with van der Waals surface area (Å²) in [5.41, 5.74) is 26.8. The SMILES string of the molecule is Cc1ccc(-c2ccc(C(C)(C)C)cc2)c(N(c2ccc(C(C)(C)C)cc2)c2ccc3c4cc5c(cc4n4c6ccccc6c2c34)c2ccc(N(c3ccc(C(C)(C)C)cc3)c3cc(C)ccc3-c3ccc(C(C)(C)C)cc3)c3c4ccccc4n5c23)c1. The lowest BCUT2D eigenvalue weighted by Crippen LogP contribution is -2.14. The van der Waals surface area contributed by atoms with E-state index in [0.717, 1.165) is 34.1 Å². The zero-order valence-corrected chi connectivity index (χ0v) is 53.6. The Morgan fingerprint density at radius 3 is 0.943 bits per heavy atom. The lowest BCUT2D eigenvalue weighted by molar-refractivity contribution is 0.590. The number of rotatable bonds is 8. The van der Waals surface area contributed by atoms with Gasteiger partial charge in [0.05, 0.1) is 55.8 Å². The first-order chi connectivity index (χ1) is 42.0. The van der Waals surface area contributed by atoms with E-state index in [4.69, 9.17) is 0 Å². The Balaban J connectivity index is 0.982. The van der Waals surface area contributed by atoms with Gasteiger partial charge in [-0.2, -0.15) is 0 Å². The van der Waals surface area contributed by atoms with Crippen LogP contribution in [0.25, 0.3) is 98.4 Å². The van der Waals surface area contributed by atoms with Crippen molar-refractivity contribution < 1.29 is 0 Å². The fourth-order valence-corrected chi connectivity index (χ4v) is 14.3. The summed E-state index contributed by atoms with van der Waals surface area (Å²) < 4.78 is 5.16. The summed E-state index contributed by atoms with van der Waals surface area (Å²) in [7, 11) is 0. The summed E-state index contributed by atoms with van der Waals surface area (Å²) >= 11 is 0. The molecule has 0 bridgehead atoms. The topological polar surface area (TPSA) is 15.3 Å². The number of hydrogen-bond donors (Lipinski definition) is 0. The fraction of sp³-hybridized carbons (Fsp3) is 0.214. The number of anilines is 6. The van der Waals surface area contributed by atoms with Crippen molar-refractivity contribution in [3.05, 3.63) is 252 Å². The van der Waals surface area contributed by atoms with Crippen LogP contribution in [0.5, 0.6) is 0 Å². The van der Waals surface area contributed by atoms with Gasteiger partial charge in [0.2, 0.25) is 0 Å². The number of aryl methyl sites for hydroxylation is 2. The average Bonchev–Trinajstić information content (AvgIpc) is 1.53. The van der Waals surface area contributed by atoms with Crippen LogP contribution >= 0.6 is 0 Å². The quantitative estimate of drug-likeness (QED) is 0.151. The maximum absolute atomic E-state index is 2.58. The van der Waals surface area contributed by atoms with E-state index in [9.17, 15) is 0 Å². The molecule has 4 nitrogen and oxygen atoms in total. The van der Waals surface area contributed by atoms with Gasteiger partial charge in [-0.05, 0) is 153 Å². The lowest BCUT2D eigenvalue weighted by atomic mass is 9.86. The summed E-state index contributed by atoms with van der Waals surface area (Å²) in [6.07, 6.45) is 0. The second-order valence-corrected chi connectivity index (χ2v) is 29.3. The highest BCUT2D eigenvalue weighted by Gasteiger charge is 2.31. The molecule has 15 rings (SSSR count). The molecule has 0 aliphatic heterocycles. The first kappa shape index (κ1) is 55.2. The van der Waals surface area contributed by atoms with Gasteiger partial charge in [0.25, 0.3) is 0 Å². The van der Waals surface area contributed by atoms with Crippen LogP contribution in [0.2, 0.25) is 0 Å². The van der Waals surface area contributed by atoms with Crippen LogP contribution in [0.4, 0.5) is 34.1 Å². The van der Waals surface area contributed by atoms with Crippen molar-refractivity contribution >= 4 is 110 Å². The highest BCUT2D eigenvalue weighted by Crippen LogP contribution is 2.53. The van der Waals surface area contributed by atoms with Crippen LogP contribution in [0, 0.1) is 13.8 Å². The summed E-state index contributed by atoms with van der Waals surface area (Å²) in [5.74, 6) is 0. The van der Waals surface area contributed by atoms with Gasteiger partial charge < -0.3 is 18.6 Å². The van der Waals surface area contributed by atoms with Crippen LogP contribution in [0.1, 0.15) is 116 Å². The summed E-state index contributed by atoms with van der Waals surface area (Å²) in [5, 5.41) is 9.94. The Morgan fingerprint density at radius 2 is 0.602 bits per heavy atom. The van der Waals surface area contributed by atoms with Crippen molar-refractivity contribution in [2.45, 2.75) is 119 Å². The van der Waals surface area contributed by atoms with Crippen molar-refractivity contribution in [1.82, 2.24) is 8.80 Å². The predicted octanol–water partition coefficient (Wildman–Crippen LogP) is 24.1. The molecule has 0 spiro atoms. The Morgan fingerprint density at radius 1 is 0.273 bits per heavy atom. The van der Waals surface area contributed by atoms with Crippen molar-refractivity contribution in [2.24, 2.45) is 0 Å². The molecule has 0 N–H and O–H groups in total. The summed E-state index contributed by atoms with van der Waals surface area (Å²) in [6, 6.07) is 84.0. The number of fused-ring (bicyclic) bond motifs is 12. The smallest absolute Gasteiger partial charge is 0.0641 e. The van der Waals surface area contributed by atoms with E-state index in [1.807, 2.05) is 0 Å². The van der Waals surface area contributed by atoms with E-state index >= 15 is 0 Å². The molecule has 4 heteroatoms. The second kappa shape index (κ2) is 19.6. The third kappa shape index (κ3) is 8.68. The second-order valence-electron chi connectivity index (χ2n) is 29.3. The van der Waals surface area contributed by atoms with Crippen molar-refractivity contribution in [3.8, 4) is 22.3 Å². The number of aromatic nitrogens is 2. The number of nitrogens with zero attached hydrogens (tertiary/aromatic N) is 4. The molecule has 0 radical (unpaired) electrons. The van der Waals surface area contributed by atoms with Crippen LogP contribution in [0.3, 0.4) is 0 Å². The van der Waals surface area contributed by atoms with E-state index < -0.39 is 0 Å². The highest BCUT2D eigenvalue weighted by atomic mass is 15.2. The van der Waals surface area contributed by atoms with E-state index in [0.29, 0.717) is 0 Å². The fourth-order valence-electron chi connectivity index (χ4n) is 14.3. The van der Waals surface area contributed by atoms with Gasteiger partial charge in [0.15, 0.2) is 0 Å². The number of hydrogen-bond acceptors (Lipinski definition) is 2. The average molecular weight is 1140 g/mol. The molecular formula is C84H78N4. The molecule has 0 unspecified atom stereocenters. The molecule has 0 amide bonds. The van der Waals surface area contributed by atoms with Crippen LogP contribution in [-0.2, 0) is 21.7 Å². The van der Waals surface area contributed by atoms with Gasteiger partial charge >= 0.3 is 0 Å². The summed E-state index contributed by atoms with van der Waals surface area (Å²) in [4.78, 5) is 5.10. The molecule has 434 valence electrons. The molecule has 15 aromatic rings. The predicted molar refractivity (Wildman–Crippen MR) is 380 cm³/mol. The van der Waals surface area contributed by atoms with Gasteiger partial charge in [-0.1, -0.05) is 229 Å². The van der Waals surface area contributed by atoms with Gasteiger partial charge in [0, 0.05) is 65.6 Å². The lowest BCUT2D eigenvalue weighted by Gasteiger charge is -2.30. The normalized spacial score (nSPS) is 12.9. The molecule has 0 saturated heterocycles. The van der Waals surface area contributed by atoms with Gasteiger partial charge in [-0.25, -0.2) is 0 Å². The van der Waals surface area contributed by atoms with Gasteiger partial charge in [-0.3, -0.25) is 0 Å². The molecule has 88 heavy (non-hydrogen) atoms. The third-order valence-electron chi connectivity index (χ3n) is 19.1. The molecule has 0 saturated carbocycles. The largest absolute Gasteiger partial charge is 0.309 e. The monoisotopic (exact) mass is 1140 g/mol. The van der Waals surface area contributed by atoms with Crippen LogP contribution in [0.15, 0.2) is 218 Å². The molecular weight excluding hydrogens is 1060 g/mol. The number of benzene rings is 11. The van der Waals surface area contributed by atoms with E-state index in [1.54, 1.807) is 0 Å². The molecule has 0 fully saturated rings. The molecule has 0 aliphatic rings. The molecule has 11 aromatic carbocycles. The first-order valence-corrected chi connectivity index (χ1v) is 31.6. The van der Waals surface area contributed by atoms with E-state index in [1.165, 1.54) is 132 Å². The Hall–Kier alpha value is -9.38. The van der Waals surface area contributed by atoms with Crippen molar-refractivity contribution in [2.75, 3.05) is 9.80 Å². The molecule has 4 aromatic heterocycles. The Kier molecular flexibility index (Phi) is 12.3. The zero-order chi connectivity index (χ0) is 61.1. The molecule has 0 atom stereocenters. The minimum atomic E-state index is 0.00573. The van der Waals surface area contributed by atoms with E-state index in [2.05, 4.69) is 334 Å². The van der Waals surface area contributed by atoms with Gasteiger partial charge in [0.1, 0.15) is 0 Å². The standard InChI is InChI=1S/C84H78N4/c1-51-23-41-61(53-25-29-55(30-26-53)81(3,4)5)73(47-51)85(59-37-33-57(34-38-59)83(9,10)11)71-45-43-63-67-49-76-68(50-75(67)87-69-21-17-15-19-65(69)77(71)79(63)87)64-44-46-72(78-66-20-16-18-22-70(66)88(76)80(64)78)86(60-39-35-58(36-40-60)84(12,13)14)74-48-52(2)24-42-62(74)54-27-31-56(32-28-54)82(6,7)8/h15-50H,1-14H3. The molecule has 0 aliphatic carbocycles. The maximum atomic E-state index is 2.58. The van der Waals surface area contributed by atoms with Gasteiger partial charge in [-0.15, -0.1) is 0 Å². The summed E-state index contributed by atoms with van der Waals surface area (Å²) in [6.45, 7) is 32.0. The Labute approximate surface area is 518 Å². The van der Waals surface area contributed by atoms with Crippen molar-refractivity contribution in [3.63, 3.8) is 0 Å².